The lowest BCUT2D eigenvalue weighted by Gasteiger charge is -2.36. The van der Waals surface area contributed by atoms with Gasteiger partial charge >= 0.3 is 0 Å². The Hall–Kier alpha value is -0.510. The van der Waals surface area contributed by atoms with Crippen molar-refractivity contribution in [1.82, 2.24) is 4.90 Å². The molecule has 0 aliphatic carbocycles. The van der Waals surface area contributed by atoms with E-state index >= 15 is 0 Å². The molecule has 1 N–H and O–H groups in total. The molecule has 2 nitrogen and oxygen atoms in total. The van der Waals surface area contributed by atoms with E-state index < -0.39 is 0 Å². The number of aliphatic hydroxyl groups excluding tert-OH is 1. The normalized spacial score (nSPS) is 31.8. The Balaban J connectivity index is 1.66. The summed E-state index contributed by atoms with van der Waals surface area (Å²) >= 11 is 2.01. The first-order valence-corrected chi connectivity index (χ1v) is 7.72. The Morgan fingerprint density at radius 2 is 2.00 bits per heavy atom. The van der Waals surface area contributed by atoms with Crippen molar-refractivity contribution in [1.29, 1.82) is 0 Å². The van der Waals surface area contributed by atoms with Crippen LogP contribution in [0.25, 0.3) is 0 Å². The molecule has 3 atom stereocenters. The summed E-state index contributed by atoms with van der Waals surface area (Å²) in [4.78, 5) is 3.90. The molecule has 0 aromatic heterocycles. The van der Waals surface area contributed by atoms with Gasteiger partial charge in [0.2, 0.25) is 0 Å². The monoisotopic (exact) mass is 263 g/mol. The predicted octanol–water partition coefficient (Wildman–Crippen LogP) is 2.90. The third kappa shape index (κ3) is 2.44. The second kappa shape index (κ2) is 5.24. The highest BCUT2D eigenvalue weighted by Crippen LogP contribution is 2.41. The molecule has 2 heterocycles. The molecule has 0 spiro atoms. The molecule has 98 valence electrons. The smallest absolute Gasteiger partial charge is 0.0682 e. The van der Waals surface area contributed by atoms with Crippen LogP contribution in [0.5, 0.6) is 0 Å². The second-order valence-corrected chi connectivity index (χ2v) is 6.94. The van der Waals surface area contributed by atoms with Gasteiger partial charge in [-0.3, -0.25) is 0 Å². The van der Waals surface area contributed by atoms with Crippen molar-refractivity contribution >= 4 is 11.8 Å². The van der Waals surface area contributed by atoms with Gasteiger partial charge in [0.25, 0.3) is 0 Å². The number of hydrogen-bond acceptors (Lipinski definition) is 3. The SMILES string of the molecule is CN1[C@@H]2CC[C@H]1C[C@H](Sc1cccc(CO)c1)C2. The van der Waals surface area contributed by atoms with Crippen LogP contribution < -0.4 is 0 Å². The molecular formula is C15H21NOS. The fourth-order valence-electron chi connectivity index (χ4n) is 3.37. The number of thioether (sulfide) groups is 1. The summed E-state index contributed by atoms with van der Waals surface area (Å²) in [6.45, 7) is 0.146. The zero-order valence-corrected chi connectivity index (χ0v) is 11.7. The first kappa shape index (κ1) is 12.5. The molecule has 1 aromatic rings. The Bertz CT molecular complexity index is 409. The van der Waals surface area contributed by atoms with Gasteiger partial charge in [-0.15, -0.1) is 11.8 Å². The van der Waals surface area contributed by atoms with Crippen LogP contribution in [0.15, 0.2) is 29.2 Å². The van der Waals surface area contributed by atoms with Crippen LogP contribution in [0, 0.1) is 0 Å². The van der Waals surface area contributed by atoms with Crippen molar-refractivity contribution in [3.8, 4) is 0 Å². The number of fused-ring (bicyclic) bond motifs is 2. The van der Waals surface area contributed by atoms with Crippen LogP contribution in [0.2, 0.25) is 0 Å². The summed E-state index contributed by atoms with van der Waals surface area (Å²) in [7, 11) is 2.29. The van der Waals surface area contributed by atoms with E-state index in [4.69, 9.17) is 0 Å². The van der Waals surface area contributed by atoms with Crippen LogP contribution in [0.3, 0.4) is 0 Å². The molecular weight excluding hydrogens is 242 g/mol. The lowest BCUT2D eigenvalue weighted by atomic mass is 10.0. The maximum Gasteiger partial charge on any atom is 0.0682 e. The van der Waals surface area contributed by atoms with Crippen molar-refractivity contribution < 1.29 is 5.11 Å². The Labute approximate surface area is 113 Å². The van der Waals surface area contributed by atoms with E-state index in [0.29, 0.717) is 0 Å². The third-order valence-corrected chi connectivity index (χ3v) is 5.68. The summed E-state index contributed by atoms with van der Waals surface area (Å²) in [6.07, 6.45) is 5.41. The van der Waals surface area contributed by atoms with Gasteiger partial charge in [0.05, 0.1) is 6.61 Å². The summed E-state index contributed by atoms with van der Waals surface area (Å²) in [5.41, 5.74) is 1.02. The summed E-state index contributed by atoms with van der Waals surface area (Å²) in [6, 6.07) is 9.96. The molecule has 2 saturated heterocycles. The van der Waals surface area contributed by atoms with Crippen LogP contribution in [-0.4, -0.2) is 34.4 Å². The van der Waals surface area contributed by atoms with Crippen molar-refractivity contribution in [3.63, 3.8) is 0 Å². The number of piperidine rings is 1. The topological polar surface area (TPSA) is 23.5 Å². The molecule has 1 aromatic carbocycles. The number of hydrogen-bond donors (Lipinski definition) is 1. The fourth-order valence-corrected chi connectivity index (χ4v) is 4.77. The van der Waals surface area contributed by atoms with Gasteiger partial charge in [0.1, 0.15) is 0 Å². The lowest BCUT2D eigenvalue weighted by Crippen LogP contribution is -2.40. The van der Waals surface area contributed by atoms with E-state index in [1.165, 1.54) is 30.6 Å². The van der Waals surface area contributed by atoms with Crippen molar-refractivity contribution in [3.05, 3.63) is 29.8 Å². The van der Waals surface area contributed by atoms with Crippen LogP contribution in [-0.2, 0) is 6.61 Å². The molecule has 2 aliphatic heterocycles. The summed E-state index contributed by atoms with van der Waals surface area (Å²) < 4.78 is 0. The Kier molecular flexibility index (Phi) is 3.64. The van der Waals surface area contributed by atoms with Crippen LogP contribution in [0.4, 0.5) is 0 Å². The largest absolute Gasteiger partial charge is 0.392 e. The minimum absolute atomic E-state index is 0.146. The van der Waals surface area contributed by atoms with E-state index in [1.807, 2.05) is 17.8 Å². The highest BCUT2D eigenvalue weighted by molar-refractivity contribution is 8.00. The highest BCUT2D eigenvalue weighted by atomic mass is 32.2. The zero-order chi connectivity index (χ0) is 12.5. The molecule has 2 aliphatic rings. The average Bonchev–Trinajstić information content (AvgIpc) is 2.62. The minimum atomic E-state index is 0.146. The van der Waals surface area contributed by atoms with Gasteiger partial charge in [-0.1, -0.05) is 12.1 Å². The maximum atomic E-state index is 9.18. The first-order valence-electron chi connectivity index (χ1n) is 6.84. The van der Waals surface area contributed by atoms with Crippen LogP contribution >= 0.6 is 11.8 Å². The third-order valence-electron chi connectivity index (χ3n) is 4.44. The molecule has 18 heavy (non-hydrogen) atoms. The van der Waals surface area contributed by atoms with Gasteiger partial charge in [-0.2, -0.15) is 0 Å². The van der Waals surface area contributed by atoms with Crippen molar-refractivity contribution in [2.45, 2.75) is 54.5 Å². The second-order valence-electron chi connectivity index (χ2n) is 5.57. The predicted molar refractivity (Wildman–Crippen MR) is 75.8 cm³/mol. The van der Waals surface area contributed by atoms with Gasteiger partial charge in [-0.25, -0.2) is 0 Å². The fraction of sp³-hybridized carbons (Fsp3) is 0.600. The van der Waals surface area contributed by atoms with Gasteiger partial charge in [0, 0.05) is 22.2 Å². The number of nitrogens with zero attached hydrogens (tertiary/aromatic N) is 1. The lowest BCUT2D eigenvalue weighted by molar-refractivity contribution is 0.183. The average molecular weight is 263 g/mol. The highest BCUT2D eigenvalue weighted by Gasteiger charge is 2.38. The molecule has 3 rings (SSSR count). The van der Waals surface area contributed by atoms with E-state index in [0.717, 1.165) is 22.9 Å². The van der Waals surface area contributed by atoms with Gasteiger partial charge < -0.3 is 10.0 Å². The summed E-state index contributed by atoms with van der Waals surface area (Å²) in [5.74, 6) is 0. The number of aliphatic hydroxyl groups is 1. The molecule has 0 amide bonds. The maximum absolute atomic E-state index is 9.18. The van der Waals surface area contributed by atoms with Crippen molar-refractivity contribution in [2.75, 3.05) is 7.05 Å². The van der Waals surface area contributed by atoms with Crippen molar-refractivity contribution in [2.24, 2.45) is 0 Å². The first-order chi connectivity index (χ1) is 8.76. The Morgan fingerprint density at radius 1 is 1.28 bits per heavy atom. The minimum Gasteiger partial charge on any atom is -0.392 e. The number of rotatable bonds is 3. The number of benzene rings is 1. The molecule has 0 saturated carbocycles. The quantitative estimate of drug-likeness (QED) is 0.907. The molecule has 3 heteroatoms. The van der Waals surface area contributed by atoms with Gasteiger partial charge in [0.15, 0.2) is 0 Å². The molecule has 0 unspecified atom stereocenters. The standard InChI is InChI=1S/C15H21NOS/c1-16-12-5-6-13(16)9-15(8-12)18-14-4-2-3-11(7-14)10-17/h2-4,7,12-13,15,17H,5-6,8-10H2,1H3/t12-,13+,15-. The van der Waals surface area contributed by atoms with E-state index in [9.17, 15) is 5.11 Å². The Morgan fingerprint density at radius 3 is 2.67 bits per heavy atom. The molecule has 0 radical (unpaired) electrons. The molecule has 2 fully saturated rings. The van der Waals surface area contributed by atoms with Crippen LogP contribution in [0.1, 0.15) is 31.2 Å². The molecule has 2 bridgehead atoms. The van der Waals surface area contributed by atoms with E-state index in [2.05, 4.69) is 30.1 Å². The van der Waals surface area contributed by atoms with E-state index in [-0.39, 0.29) is 6.61 Å². The zero-order valence-electron chi connectivity index (χ0n) is 10.9. The summed E-state index contributed by atoms with van der Waals surface area (Å²) in [5, 5.41) is 9.94. The van der Waals surface area contributed by atoms with Gasteiger partial charge in [-0.05, 0) is 50.4 Å². The van der Waals surface area contributed by atoms with E-state index in [1.54, 1.807) is 0 Å².